The highest BCUT2D eigenvalue weighted by Crippen LogP contribution is 2.21. The summed E-state index contributed by atoms with van der Waals surface area (Å²) in [5.74, 6) is -1.13. The van der Waals surface area contributed by atoms with Gasteiger partial charge in [-0.15, -0.1) is 0 Å². The van der Waals surface area contributed by atoms with Crippen LogP contribution in [0.1, 0.15) is 11.4 Å². The molecule has 1 heterocycles. The van der Waals surface area contributed by atoms with Crippen LogP contribution in [0.25, 0.3) is 0 Å². The molecule has 0 amide bonds. The molecule has 2 rings (SSSR count). The SMILES string of the molecule is Cc1cc(CS(=O)(=O)c2ccc(N)cc2F)n(C)n1. The fraction of sp³-hybridized carbons (Fsp3) is 0.250. The fourth-order valence-electron chi connectivity index (χ4n) is 1.84. The fourth-order valence-corrected chi connectivity index (χ4v) is 3.29. The Labute approximate surface area is 110 Å². The first-order chi connectivity index (χ1) is 8.79. The molecule has 0 aliphatic heterocycles. The van der Waals surface area contributed by atoms with Crippen LogP contribution in [-0.2, 0) is 22.6 Å². The summed E-state index contributed by atoms with van der Waals surface area (Å²) in [6.45, 7) is 1.76. The Morgan fingerprint density at radius 1 is 1.37 bits per heavy atom. The van der Waals surface area contributed by atoms with Crippen LogP contribution in [0.2, 0.25) is 0 Å². The molecule has 2 N–H and O–H groups in total. The number of nitrogens with zero attached hydrogens (tertiary/aromatic N) is 2. The molecule has 2 aromatic rings. The van der Waals surface area contributed by atoms with Crippen LogP contribution >= 0.6 is 0 Å². The van der Waals surface area contributed by atoms with Crippen LogP contribution in [-0.4, -0.2) is 18.2 Å². The van der Waals surface area contributed by atoms with E-state index in [9.17, 15) is 12.8 Å². The van der Waals surface area contributed by atoms with Crippen molar-refractivity contribution in [2.45, 2.75) is 17.6 Å². The number of nitrogens with two attached hydrogens (primary N) is 1. The summed E-state index contributed by atoms with van der Waals surface area (Å²) < 4.78 is 39.5. The second kappa shape index (κ2) is 4.65. The molecule has 0 atom stereocenters. The second-order valence-electron chi connectivity index (χ2n) is 4.35. The van der Waals surface area contributed by atoms with E-state index in [2.05, 4.69) is 5.10 Å². The summed E-state index contributed by atoms with van der Waals surface area (Å²) in [6, 6.07) is 5.21. The Kier molecular flexibility index (Phi) is 3.32. The lowest BCUT2D eigenvalue weighted by Gasteiger charge is -2.06. The summed E-state index contributed by atoms with van der Waals surface area (Å²) in [7, 11) is -2.11. The van der Waals surface area contributed by atoms with Crippen LogP contribution in [0.3, 0.4) is 0 Å². The summed E-state index contributed by atoms with van der Waals surface area (Å²) in [5, 5.41) is 4.06. The maximum Gasteiger partial charge on any atom is 0.186 e. The third-order valence-corrected chi connectivity index (χ3v) is 4.40. The number of anilines is 1. The van der Waals surface area contributed by atoms with E-state index in [1.807, 2.05) is 0 Å². The van der Waals surface area contributed by atoms with E-state index in [4.69, 9.17) is 5.73 Å². The Bertz CT molecular complexity index is 723. The molecule has 0 fully saturated rings. The standard InChI is InChI=1S/C12H14FN3O2S/c1-8-5-10(16(2)15-8)7-19(17,18)12-4-3-9(14)6-11(12)13/h3-6H,7,14H2,1-2H3. The molecule has 19 heavy (non-hydrogen) atoms. The molecular weight excluding hydrogens is 269 g/mol. The number of nitrogen functional groups attached to an aromatic ring is 1. The maximum absolute atomic E-state index is 13.7. The maximum atomic E-state index is 13.7. The molecule has 5 nitrogen and oxygen atoms in total. The summed E-state index contributed by atoms with van der Waals surface area (Å²) in [4.78, 5) is -0.347. The zero-order chi connectivity index (χ0) is 14.2. The van der Waals surface area contributed by atoms with Gasteiger partial charge in [0.2, 0.25) is 0 Å². The van der Waals surface area contributed by atoms with Gasteiger partial charge in [-0.2, -0.15) is 5.10 Å². The molecule has 0 unspecified atom stereocenters. The third-order valence-electron chi connectivity index (χ3n) is 2.73. The van der Waals surface area contributed by atoms with E-state index in [-0.39, 0.29) is 16.3 Å². The van der Waals surface area contributed by atoms with Gasteiger partial charge in [-0.05, 0) is 31.2 Å². The van der Waals surface area contributed by atoms with E-state index < -0.39 is 15.7 Å². The van der Waals surface area contributed by atoms with Gasteiger partial charge >= 0.3 is 0 Å². The summed E-state index contributed by atoms with van der Waals surface area (Å²) >= 11 is 0. The van der Waals surface area contributed by atoms with Crippen LogP contribution in [0, 0.1) is 12.7 Å². The van der Waals surface area contributed by atoms with E-state index >= 15 is 0 Å². The highest BCUT2D eigenvalue weighted by molar-refractivity contribution is 7.90. The van der Waals surface area contributed by atoms with E-state index in [1.54, 1.807) is 20.0 Å². The molecule has 0 bridgehead atoms. The summed E-state index contributed by atoms with van der Waals surface area (Å²) in [6.07, 6.45) is 0. The predicted octanol–water partition coefficient (Wildman–Crippen LogP) is 1.42. The largest absolute Gasteiger partial charge is 0.399 e. The zero-order valence-electron chi connectivity index (χ0n) is 10.6. The van der Waals surface area contributed by atoms with Crippen LogP contribution in [0.15, 0.2) is 29.2 Å². The second-order valence-corrected chi connectivity index (χ2v) is 6.31. The molecule has 102 valence electrons. The minimum atomic E-state index is -3.76. The number of benzene rings is 1. The van der Waals surface area contributed by atoms with Crippen molar-refractivity contribution in [3.05, 3.63) is 41.5 Å². The minimum absolute atomic E-state index is 0.188. The van der Waals surface area contributed by atoms with Gasteiger partial charge in [0.15, 0.2) is 9.84 Å². The number of aryl methyl sites for hydroxylation is 2. The Morgan fingerprint density at radius 2 is 2.05 bits per heavy atom. The highest BCUT2D eigenvalue weighted by atomic mass is 32.2. The first-order valence-corrected chi connectivity index (χ1v) is 7.22. The van der Waals surface area contributed by atoms with Gasteiger partial charge in [0, 0.05) is 12.7 Å². The van der Waals surface area contributed by atoms with Crippen molar-refractivity contribution in [1.82, 2.24) is 9.78 Å². The van der Waals surface area contributed by atoms with Gasteiger partial charge in [0.25, 0.3) is 0 Å². The lowest BCUT2D eigenvalue weighted by molar-refractivity contribution is 0.565. The smallest absolute Gasteiger partial charge is 0.186 e. The molecule has 1 aromatic heterocycles. The monoisotopic (exact) mass is 283 g/mol. The van der Waals surface area contributed by atoms with E-state index in [0.29, 0.717) is 11.4 Å². The van der Waals surface area contributed by atoms with Crippen molar-refractivity contribution in [2.75, 3.05) is 5.73 Å². The van der Waals surface area contributed by atoms with Gasteiger partial charge < -0.3 is 5.73 Å². The molecule has 0 spiro atoms. The van der Waals surface area contributed by atoms with Crippen molar-refractivity contribution < 1.29 is 12.8 Å². The van der Waals surface area contributed by atoms with Crippen LogP contribution < -0.4 is 5.73 Å². The average molecular weight is 283 g/mol. The third kappa shape index (κ3) is 2.76. The van der Waals surface area contributed by atoms with Gasteiger partial charge in [0.05, 0.1) is 17.1 Å². The number of aromatic nitrogens is 2. The number of rotatable bonds is 3. The molecule has 1 aromatic carbocycles. The van der Waals surface area contributed by atoms with Crippen LogP contribution in [0.5, 0.6) is 0 Å². The molecule has 0 saturated carbocycles. The van der Waals surface area contributed by atoms with Gasteiger partial charge in [0.1, 0.15) is 10.7 Å². The lowest BCUT2D eigenvalue weighted by atomic mass is 10.3. The van der Waals surface area contributed by atoms with Crippen molar-refractivity contribution in [2.24, 2.45) is 7.05 Å². The van der Waals surface area contributed by atoms with Gasteiger partial charge in [-0.25, -0.2) is 12.8 Å². The van der Waals surface area contributed by atoms with E-state index in [0.717, 1.165) is 6.07 Å². The predicted molar refractivity (Wildman–Crippen MR) is 69.6 cm³/mol. The number of sulfone groups is 1. The molecule has 0 saturated heterocycles. The topological polar surface area (TPSA) is 78.0 Å². The molecule has 0 radical (unpaired) electrons. The summed E-state index contributed by atoms with van der Waals surface area (Å²) in [5.41, 5.74) is 6.81. The van der Waals surface area contributed by atoms with Crippen LogP contribution in [0.4, 0.5) is 10.1 Å². The van der Waals surface area contributed by atoms with E-state index in [1.165, 1.54) is 16.8 Å². The average Bonchev–Trinajstić information content (AvgIpc) is 2.55. The number of hydrogen-bond donors (Lipinski definition) is 1. The Balaban J connectivity index is 2.40. The molecule has 7 heteroatoms. The first-order valence-electron chi connectivity index (χ1n) is 5.57. The van der Waals surface area contributed by atoms with Crippen molar-refractivity contribution in [1.29, 1.82) is 0 Å². The number of hydrogen-bond acceptors (Lipinski definition) is 4. The van der Waals surface area contributed by atoms with Crippen molar-refractivity contribution >= 4 is 15.5 Å². The quantitative estimate of drug-likeness (QED) is 0.864. The highest BCUT2D eigenvalue weighted by Gasteiger charge is 2.21. The number of halogens is 1. The van der Waals surface area contributed by atoms with Gasteiger partial charge in [-0.1, -0.05) is 0 Å². The normalized spacial score (nSPS) is 11.7. The zero-order valence-corrected chi connectivity index (χ0v) is 11.4. The Hall–Kier alpha value is -1.89. The molecule has 0 aliphatic carbocycles. The van der Waals surface area contributed by atoms with Crippen molar-refractivity contribution in [3.8, 4) is 0 Å². The van der Waals surface area contributed by atoms with Crippen molar-refractivity contribution in [3.63, 3.8) is 0 Å². The van der Waals surface area contributed by atoms with Gasteiger partial charge in [-0.3, -0.25) is 4.68 Å². The molecular formula is C12H14FN3O2S. The molecule has 0 aliphatic rings. The Morgan fingerprint density at radius 3 is 2.58 bits per heavy atom. The minimum Gasteiger partial charge on any atom is -0.399 e. The first kappa shape index (κ1) is 13.5. The lowest BCUT2D eigenvalue weighted by Crippen LogP contribution is -2.10.